The van der Waals surface area contributed by atoms with Gasteiger partial charge in [-0.15, -0.1) is 0 Å². The number of anilines is 2. The summed E-state index contributed by atoms with van der Waals surface area (Å²) in [6.07, 6.45) is -2.75. The first-order valence-corrected chi connectivity index (χ1v) is 7.29. The number of halogens is 3. The van der Waals surface area contributed by atoms with Crippen molar-refractivity contribution in [3.63, 3.8) is 0 Å². The lowest BCUT2D eigenvalue weighted by Gasteiger charge is -2.08. The van der Waals surface area contributed by atoms with Crippen molar-refractivity contribution in [3.8, 4) is 0 Å². The molecule has 21 heavy (non-hydrogen) atoms. The van der Waals surface area contributed by atoms with E-state index in [2.05, 4.69) is 10.3 Å². The van der Waals surface area contributed by atoms with E-state index in [9.17, 15) is 18.3 Å². The highest BCUT2D eigenvalue weighted by atomic mass is 32.1. The second kappa shape index (κ2) is 6.44. The van der Waals surface area contributed by atoms with Crippen molar-refractivity contribution in [2.24, 2.45) is 0 Å². The average molecular weight is 316 g/mol. The molecule has 0 bridgehead atoms. The molecule has 1 aromatic heterocycles. The maximum Gasteiger partial charge on any atom is 0.416 e. The third-order valence-electron chi connectivity index (χ3n) is 2.85. The maximum absolute atomic E-state index is 12.7. The molecule has 0 fully saturated rings. The first kappa shape index (κ1) is 15.8. The minimum atomic E-state index is -4.37. The normalized spacial score (nSPS) is 11.7. The first-order valence-electron chi connectivity index (χ1n) is 6.47. The van der Waals surface area contributed by atoms with Gasteiger partial charge in [0, 0.05) is 5.69 Å². The highest BCUT2D eigenvalue weighted by Gasteiger charge is 2.30. The summed E-state index contributed by atoms with van der Waals surface area (Å²) in [5, 5.41) is 12.6. The predicted octanol–water partition coefficient (Wildman–Crippen LogP) is 4.35. The molecule has 0 atom stereocenters. The van der Waals surface area contributed by atoms with E-state index in [1.807, 2.05) is 6.92 Å². The van der Waals surface area contributed by atoms with Gasteiger partial charge >= 0.3 is 6.18 Å². The predicted molar refractivity (Wildman–Crippen MR) is 76.8 cm³/mol. The largest absolute Gasteiger partial charge is 0.416 e. The summed E-state index contributed by atoms with van der Waals surface area (Å²) in [7, 11) is 0. The summed E-state index contributed by atoms with van der Waals surface area (Å²) in [5.41, 5.74) is 0.408. The van der Waals surface area contributed by atoms with E-state index in [4.69, 9.17) is 0 Å². The van der Waals surface area contributed by atoms with Crippen LogP contribution in [-0.2, 0) is 19.2 Å². The van der Waals surface area contributed by atoms with Gasteiger partial charge in [0.1, 0.15) is 0 Å². The van der Waals surface area contributed by atoms with Crippen molar-refractivity contribution in [2.45, 2.75) is 32.5 Å². The monoisotopic (exact) mass is 316 g/mol. The Morgan fingerprint density at radius 3 is 2.71 bits per heavy atom. The topological polar surface area (TPSA) is 45.2 Å². The third kappa shape index (κ3) is 3.95. The molecule has 0 aliphatic heterocycles. The zero-order valence-corrected chi connectivity index (χ0v) is 12.2. The number of hydrogen-bond acceptors (Lipinski definition) is 4. The van der Waals surface area contributed by atoms with Crippen molar-refractivity contribution in [2.75, 3.05) is 5.32 Å². The highest BCUT2D eigenvalue weighted by Crippen LogP contribution is 2.32. The van der Waals surface area contributed by atoms with Crippen molar-refractivity contribution < 1.29 is 18.3 Å². The van der Waals surface area contributed by atoms with Gasteiger partial charge in [-0.3, -0.25) is 0 Å². The zero-order valence-electron chi connectivity index (χ0n) is 11.4. The summed E-state index contributed by atoms with van der Waals surface area (Å²) in [5.74, 6) is 0. The SMILES string of the molecule is CCCc1nc(Nc2cccc(C(F)(F)F)c2)sc1CO. The van der Waals surface area contributed by atoms with E-state index >= 15 is 0 Å². The van der Waals surface area contributed by atoms with Crippen LogP contribution in [0.3, 0.4) is 0 Å². The molecule has 7 heteroatoms. The average Bonchev–Trinajstić information content (AvgIpc) is 2.80. The van der Waals surface area contributed by atoms with E-state index in [0.717, 1.165) is 35.5 Å². The van der Waals surface area contributed by atoms with Crippen LogP contribution in [-0.4, -0.2) is 10.1 Å². The highest BCUT2D eigenvalue weighted by molar-refractivity contribution is 7.15. The van der Waals surface area contributed by atoms with E-state index in [-0.39, 0.29) is 6.61 Å². The van der Waals surface area contributed by atoms with E-state index < -0.39 is 11.7 Å². The molecule has 1 heterocycles. The summed E-state index contributed by atoms with van der Waals surface area (Å²) in [6, 6.07) is 4.96. The van der Waals surface area contributed by atoms with Gasteiger partial charge in [-0.25, -0.2) is 4.98 Å². The van der Waals surface area contributed by atoms with E-state index in [1.54, 1.807) is 6.07 Å². The van der Waals surface area contributed by atoms with Crippen LogP contribution < -0.4 is 5.32 Å². The van der Waals surface area contributed by atoms with Gasteiger partial charge in [0.2, 0.25) is 0 Å². The summed E-state index contributed by atoms with van der Waals surface area (Å²) in [6.45, 7) is 1.89. The minimum Gasteiger partial charge on any atom is -0.391 e. The number of rotatable bonds is 5. The third-order valence-corrected chi connectivity index (χ3v) is 3.85. The zero-order chi connectivity index (χ0) is 15.5. The fourth-order valence-corrected chi connectivity index (χ4v) is 2.78. The van der Waals surface area contributed by atoms with Crippen molar-refractivity contribution in [1.82, 2.24) is 4.98 Å². The van der Waals surface area contributed by atoms with Crippen molar-refractivity contribution in [1.29, 1.82) is 0 Å². The van der Waals surface area contributed by atoms with E-state index in [1.165, 1.54) is 17.4 Å². The minimum absolute atomic E-state index is 0.114. The fraction of sp³-hybridized carbons (Fsp3) is 0.357. The van der Waals surface area contributed by atoms with Gasteiger partial charge in [-0.1, -0.05) is 30.7 Å². The molecular formula is C14H15F3N2OS. The number of aryl methyl sites for hydroxylation is 1. The van der Waals surface area contributed by atoms with Gasteiger partial charge < -0.3 is 10.4 Å². The van der Waals surface area contributed by atoms with Crippen LogP contribution in [0.15, 0.2) is 24.3 Å². The Bertz CT molecular complexity index is 611. The van der Waals surface area contributed by atoms with Crippen LogP contribution in [0, 0.1) is 0 Å². The summed E-state index contributed by atoms with van der Waals surface area (Å²) in [4.78, 5) is 5.07. The Balaban J connectivity index is 2.22. The molecule has 0 aliphatic rings. The second-order valence-electron chi connectivity index (χ2n) is 4.50. The smallest absolute Gasteiger partial charge is 0.391 e. The number of aromatic nitrogens is 1. The van der Waals surface area contributed by atoms with Crippen LogP contribution in [0.1, 0.15) is 29.5 Å². The van der Waals surface area contributed by atoms with Crippen LogP contribution >= 0.6 is 11.3 Å². The molecule has 2 rings (SSSR count). The van der Waals surface area contributed by atoms with Gasteiger partial charge in [-0.2, -0.15) is 13.2 Å². The van der Waals surface area contributed by atoms with Gasteiger partial charge in [0.15, 0.2) is 5.13 Å². The number of aliphatic hydroxyl groups is 1. The van der Waals surface area contributed by atoms with Gasteiger partial charge in [0.25, 0.3) is 0 Å². The molecule has 0 aliphatic carbocycles. The lowest BCUT2D eigenvalue weighted by molar-refractivity contribution is -0.137. The van der Waals surface area contributed by atoms with Crippen LogP contribution in [0.5, 0.6) is 0 Å². The Morgan fingerprint density at radius 1 is 1.33 bits per heavy atom. The Hall–Kier alpha value is -1.60. The quantitative estimate of drug-likeness (QED) is 0.862. The number of alkyl halides is 3. The van der Waals surface area contributed by atoms with Gasteiger partial charge in [0.05, 0.1) is 22.7 Å². The fourth-order valence-electron chi connectivity index (χ4n) is 1.89. The summed E-state index contributed by atoms with van der Waals surface area (Å²) >= 11 is 1.25. The molecular weight excluding hydrogens is 301 g/mol. The van der Waals surface area contributed by atoms with Crippen molar-refractivity contribution >= 4 is 22.2 Å². The molecule has 2 aromatic rings. The number of aliphatic hydroxyl groups excluding tert-OH is 1. The standard InChI is InChI=1S/C14H15F3N2OS/c1-2-4-11-12(8-20)21-13(19-11)18-10-6-3-5-9(7-10)14(15,16)17/h3,5-7,20H,2,4,8H2,1H3,(H,18,19). The molecule has 3 nitrogen and oxygen atoms in total. The molecule has 0 spiro atoms. The molecule has 1 aromatic carbocycles. The van der Waals surface area contributed by atoms with Crippen LogP contribution in [0.4, 0.5) is 24.0 Å². The number of benzene rings is 1. The number of nitrogens with one attached hydrogen (secondary N) is 1. The Kier molecular flexibility index (Phi) is 4.84. The van der Waals surface area contributed by atoms with Gasteiger partial charge in [-0.05, 0) is 24.6 Å². The molecule has 0 saturated carbocycles. The first-order chi connectivity index (χ1) is 9.94. The maximum atomic E-state index is 12.7. The van der Waals surface area contributed by atoms with Crippen LogP contribution in [0.2, 0.25) is 0 Å². The molecule has 114 valence electrons. The van der Waals surface area contributed by atoms with Crippen molar-refractivity contribution in [3.05, 3.63) is 40.4 Å². The molecule has 0 saturated heterocycles. The van der Waals surface area contributed by atoms with Crippen LogP contribution in [0.25, 0.3) is 0 Å². The lowest BCUT2D eigenvalue weighted by atomic mass is 10.2. The molecule has 0 radical (unpaired) electrons. The molecule has 0 amide bonds. The number of hydrogen-bond donors (Lipinski definition) is 2. The van der Waals surface area contributed by atoms with E-state index in [0.29, 0.717) is 10.8 Å². The summed E-state index contributed by atoms with van der Waals surface area (Å²) < 4.78 is 38.0. The Morgan fingerprint density at radius 2 is 2.10 bits per heavy atom. The molecule has 0 unspecified atom stereocenters. The molecule has 2 N–H and O–H groups in total. The Labute approximate surface area is 124 Å². The lowest BCUT2D eigenvalue weighted by Crippen LogP contribution is -2.05. The number of nitrogens with zero attached hydrogens (tertiary/aromatic N) is 1. The number of thiazole rings is 1. The second-order valence-corrected chi connectivity index (χ2v) is 5.58.